The molecule has 0 spiro atoms. The molecule has 0 heterocycles. The maximum Gasteiger partial charge on any atom is 0.257 e. The standard InChI is InChI=1S/C23H29N3O2S.ClH/c1-17-8-4-5-10-21(17)22(28)25-23(29)24-19-13-11-18(12-14-19)16-20(27)9-6-7-15-26(2)3;/h4-5,8,10-14H,6-7,9,15-16H2,1-3H3,(H2,24,25,28,29);1H. The Balaban J connectivity index is 0.00000450. The van der Waals surface area contributed by atoms with Crippen LogP contribution in [0.2, 0.25) is 0 Å². The number of thiocarbonyl (C=S) groups is 1. The topological polar surface area (TPSA) is 61.4 Å². The zero-order valence-electron chi connectivity index (χ0n) is 17.7. The summed E-state index contributed by atoms with van der Waals surface area (Å²) in [6, 6.07) is 14.9. The maximum absolute atomic E-state index is 12.3. The number of Topliss-reactive ketones (excluding diaryl/α,β-unsaturated/α-hetero) is 1. The molecular formula is C23H30ClN3O2S. The molecule has 0 aromatic heterocycles. The average molecular weight is 448 g/mol. The van der Waals surface area contributed by atoms with Gasteiger partial charge in [0.25, 0.3) is 5.91 Å². The number of unbranched alkanes of at least 4 members (excludes halogenated alkanes) is 1. The molecular weight excluding hydrogens is 418 g/mol. The number of carbonyl (C=O) groups excluding carboxylic acids is 2. The molecule has 0 saturated heterocycles. The summed E-state index contributed by atoms with van der Waals surface area (Å²) in [4.78, 5) is 26.5. The molecule has 0 unspecified atom stereocenters. The monoisotopic (exact) mass is 447 g/mol. The van der Waals surface area contributed by atoms with Crippen LogP contribution in [0.15, 0.2) is 48.5 Å². The molecule has 0 bridgehead atoms. The fraction of sp³-hybridized carbons (Fsp3) is 0.348. The summed E-state index contributed by atoms with van der Waals surface area (Å²) in [5.74, 6) is 0.0163. The highest BCUT2D eigenvalue weighted by molar-refractivity contribution is 7.80. The first kappa shape index (κ1) is 25.8. The van der Waals surface area contributed by atoms with Crippen molar-refractivity contribution in [2.24, 2.45) is 0 Å². The molecule has 1 amide bonds. The summed E-state index contributed by atoms with van der Waals surface area (Å²) in [6.45, 7) is 2.89. The quantitative estimate of drug-likeness (QED) is 0.441. The number of ketones is 1. The number of amides is 1. The number of carbonyl (C=O) groups is 2. The number of aryl methyl sites for hydroxylation is 1. The van der Waals surface area contributed by atoms with Gasteiger partial charge in [0.2, 0.25) is 0 Å². The molecule has 0 aliphatic carbocycles. The summed E-state index contributed by atoms with van der Waals surface area (Å²) >= 11 is 5.24. The number of nitrogens with zero attached hydrogens (tertiary/aromatic N) is 1. The first-order valence-electron chi connectivity index (χ1n) is 9.78. The van der Waals surface area contributed by atoms with Crippen molar-refractivity contribution in [1.29, 1.82) is 0 Å². The summed E-state index contributed by atoms with van der Waals surface area (Å²) in [7, 11) is 4.08. The number of nitrogens with one attached hydrogen (secondary N) is 2. The van der Waals surface area contributed by atoms with Crippen molar-refractivity contribution in [2.45, 2.75) is 32.6 Å². The van der Waals surface area contributed by atoms with E-state index >= 15 is 0 Å². The lowest BCUT2D eigenvalue weighted by Crippen LogP contribution is -2.34. The van der Waals surface area contributed by atoms with E-state index in [-0.39, 0.29) is 29.2 Å². The summed E-state index contributed by atoms with van der Waals surface area (Å²) in [6.07, 6.45) is 3.01. The third kappa shape index (κ3) is 9.03. The first-order chi connectivity index (χ1) is 13.8. The minimum absolute atomic E-state index is 0. The molecule has 2 rings (SSSR count). The van der Waals surface area contributed by atoms with Gasteiger partial charge in [-0.1, -0.05) is 30.3 Å². The molecule has 2 aromatic rings. The summed E-state index contributed by atoms with van der Waals surface area (Å²) in [5, 5.41) is 5.94. The van der Waals surface area contributed by atoms with Gasteiger partial charge in [-0.3, -0.25) is 14.9 Å². The Hall–Kier alpha value is -2.28. The van der Waals surface area contributed by atoms with E-state index in [1.807, 2.05) is 63.5 Å². The molecule has 0 radical (unpaired) electrons. The van der Waals surface area contributed by atoms with Crippen molar-refractivity contribution < 1.29 is 9.59 Å². The van der Waals surface area contributed by atoms with Gasteiger partial charge in [0.1, 0.15) is 5.78 Å². The third-order valence-corrected chi connectivity index (χ3v) is 4.74. The van der Waals surface area contributed by atoms with Gasteiger partial charge in [-0.2, -0.15) is 0 Å². The van der Waals surface area contributed by atoms with Crippen LogP contribution in [0.1, 0.15) is 40.7 Å². The van der Waals surface area contributed by atoms with Crippen LogP contribution < -0.4 is 10.6 Å². The second-order valence-electron chi connectivity index (χ2n) is 7.40. The van der Waals surface area contributed by atoms with Crippen molar-refractivity contribution in [1.82, 2.24) is 10.2 Å². The highest BCUT2D eigenvalue weighted by Crippen LogP contribution is 2.12. The second kappa shape index (κ2) is 13.1. The van der Waals surface area contributed by atoms with E-state index < -0.39 is 0 Å². The van der Waals surface area contributed by atoms with Crippen LogP contribution in [0.5, 0.6) is 0 Å². The number of benzene rings is 2. The van der Waals surface area contributed by atoms with Gasteiger partial charge in [-0.25, -0.2) is 0 Å². The smallest absolute Gasteiger partial charge is 0.257 e. The molecule has 0 saturated carbocycles. The van der Waals surface area contributed by atoms with E-state index in [0.717, 1.165) is 36.2 Å². The van der Waals surface area contributed by atoms with Crippen molar-refractivity contribution in [3.05, 3.63) is 65.2 Å². The SMILES string of the molecule is Cc1ccccc1C(=O)NC(=S)Nc1ccc(CC(=O)CCCCN(C)C)cc1.Cl. The van der Waals surface area contributed by atoms with Gasteiger partial charge in [0.05, 0.1) is 0 Å². The lowest BCUT2D eigenvalue weighted by atomic mass is 10.0. The zero-order chi connectivity index (χ0) is 21.2. The number of hydrogen-bond acceptors (Lipinski definition) is 4. The molecule has 30 heavy (non-hydrogen) atoms. The third-order valence-electron chi connectivity index (χ3n) is 4.54. The zero-order valence-corrected chi connectivity index (χ0v) is 19.4. The van der Waals surface area contributed by atoms with Crippen molar-refractivity contribution in [3.63, 3.8) is 0 Å². The predicted octanol–water partition coefficient (Wildman–Crippen LogP) is 4.39. The van der Waals surface area contributed by atoms with Gasteiger partial charge in [-0.15, -0.1) is 12.4 Å². The Bertz CT molecular complexity index is 854. The van der Waals surface area contributed by atoms with E-state index in [9.17, 15) is 9.59 Å². The first-order valence-corrected chi connectivity index (χ1v) is 10.2. The minimum Gasteiger partial charge on any atom is -0.332 e. The molecule has 0 aliphatic heterocycles. The largest absolute Gasteiger partial charge is 0.332 e. The van der Waals surface area contributed by atoms with Crippen molar-refractivity contribution in [3.8, 4) is 0 Å². The van der Waals surface area contributed by atoms with Gasteiger partial charge in [0, 0.05) is 24.1 Å². The van der Waals surface area contributed by atoms with Crippen molar-refractivity contribution in [2.75, 3.05) is 26.0 Å². The van der Waals surface area contributed by atoms with E-state index in [1.54, 1.807) is 6.07 Å². The summed E-state index contributed by atoms with van der Waals surface area (Å²) in [5.41, 5.74) is 3.23. The van der Waals surface area contributed by atoms with E-state index in [0.29, 0.717) is 18.4 Å². The number of rotatable bonds is 9. The van der Waals surface area contributed by atoms with Crippen LogP contribution >= 0.6 is 24.6 Å². The molecule has 2 N–H and O–H groups in total. The number of halogens is 1. The molecule has 2 aromatic carbocycles. The minimum atomic E-state index is -0.239. The molecule has 162 valence electrons. The van der Waals surface area contributed by atoms with Gasteiger partial charge >= 0.3 is 0 Å². The fourth-order valence-corrected chi connectivity index (χ4v) is 3.14. The van der Waals surface area contributed by atoms with Gasteiger partial charge < -0.3 is 10.2 Å². The number of hydrogen-bond donors (Lipinski definition) is 2. The van der Waals surface area contributed by atoms with Crippen LogP contribution in [0.3, 0.4) is 0 Å². The Morgan fingerprint density at radius 3 is 2.30 bits per heavy atom. The Morgan fingerprint density at radius 2 is 1.67 bits per heavy atom. The fourth-order valence-electron chi connectivity index (χ4n) is 2.93. The highest BCUT2D eigenvalue weighted by atomic mass is 35.5. The molecule has 0 fully saturated rings. The molecule has 7 heteroatoms. The Labute approximate surface area is 190 Å². The van der Waals surface area contributed by atoms with E-state index in [2.05, 4.69) is 15.5 Å². The van der Waals surface area contributed by atoms with Crippen LogP contribution in [0.4, 0.5) is 5.69 Å². The van der Waals surface area contributed by atoms with Crippen molar-refractivity contribution >= 4 is 47.1 Å². The van der Waals surface area contributed by atoms with Crippen LogP contribution in [0, 0.1) is 6.92 Å². The highest BCUT2D eigenvalue weighted by Gasteiger charge is 2.10. The lowest BCUT2D eigenvalue weighted by Gasteiger charge is -2.11. The van der Waals surface area contributed by atoms with E-state index in [1.165, 1.54) is 0 Å². The molecule has 0 atom stereocenters. The van der Waals surface area contributed by atoms with Crippen LogP contribution in [-0.2, 0) is 11.2 Å². The van der Waals surface area contributed by atoms with Crippen LogP contribution in [-0.4, -0.2) is 42.3 Å². The Kier molecular flexibility index (Phi) is 11.3. The molecule has 5 nitrogen and oxygen atoms in total. The van der Waals surface area contributed by atoms with Gasteiger partial charge in [-0.05, 0) is 81.9 Å². The predicted molar refractivity (Wildman–Crippen MR) is 130 cm³/mol. The molecule has 0 aliphatic rings. The maximum atomic E-state index is 12.3. The second-order valence-corrected chi connectivity index (χ2v) is 7.80. The van der Waals surface area contributed by atoms with E-state index in [4.69, 9.17) is 12.2 Å². The summed E-state index contributed by atoms with van der Waals surface area (Å²) < 4.78 is 0. The normalized spacial score (nSPS) is 10.3. The average Bonchev–Trinajstić information content (AvgIpc) is 2.67. The number of anilines is 1. The lowest BCUT2D eigenvalue weighted by molar-refractivity contribution is -0.118. The Morgan fingerprint density at radius 1 is 1.00 bits per heavy atom. The van der Waals surface area contributed by atoms with Crippen LogP contribution in [0.25, 0.3) is 0 Å². The van der Waals surface area contributed by atoms with Gasteiger partial charge in [0.15, 0.2) is 5.11 Å².